The Morgan fingerprint density at radius 2 is 2.14 bits per heavy atom. The van der Waals surface area contributed by atoms with Gasteiger partial charge in [-0.3, -0.25) is 4.79 Å². The summed E-state index contributed by atoms with van der Waals surface area (Å²) in [6, 6.07) is 6.41. The molecule has 0 spiro atoms. The van der Waals surface area contributed by atoms with Gasteiger partial charge in [0.15, 0.2) is 5.69 Å². The maximum atomic E-state index is 12.5. The van der Waals surface area contributed by atoms with E-state index in [1.165, 1.54) is 6.07 Å². The number of nitrogens with zero attached hydrogens (tertiary/aromatic N) is 1. The summed E-state index contributed by atoms with van der Waals surface area (Å²) in [5.74, 6) is -1.23. The van der Waals surface area contributed by atoms with Crippen LogP contribution in [0.3, 0.4) is 0 Å². The average Bonchev–Trinajstić information content (AvgIpc) is 3.02. The molecule has 2 heterocycles. The predicted molar refractivity (Wildman–Crippen MR) is 76.7 cm³/mol. The lowest BCUT2D eigenvalue weighted by Gasteiger charge is -2.03. The Kier molecular flexibility index (Phi) is 3.46. The first-order chi connectivity index (χ1) is 10.5. The molecule has 1 N–H and O–H groups in total. The van der Waals surface area contributed by atoms with Crippen LogP contribution in [0.2, 0.25) is 5.02 Å². The highest BCUT2D eigenvalue weighted by atomic mass is 35.5. The van der Waals surface area contributed by atoms with Crippen molar-refractivity contribution in [3.63, 3.8) is 0 Å². The molecule has 0 saturated carbocycles. The number of carbonyl (C=O) groups excluding carboxylic acids is 2. The number of aryl methyl sites for hydroxylation is 1. The highest BCUT2D eigenvalue weighted by Crippen LogP contribution is 2.27. The minimum absolute atomic E-state index is 0.106. The van der Waals surface area contributed by atoms with Crippen molar-refractivity contribution >= 4 is 34.3 Å². The van der Waals surface area contributed by atoms with E-state index in [0.29, 0.717) is 27.2 Å². The van der Waals surface area contributed by atoms with Crippen LogP contribution in [-0.2, 0) is 11.2 Å². The standard InChI is InChI=1S/C15H11ClN2O4/c1-7-4-12(18-22-7)15(21)14-10(6-13(19)20)9-3-2-8(16)5-11(9)17-14/h2-5,17H,6H2,1H3,(H,19,20)/p-1. The SMILES string of the molecule is Cc1cc(C(=O)c2[nH]c3cc(Cl)ccc3c2CC(=O)[O-])no1. The van der Waals surface area contributed by atoms with Gasteiger partial charge in [-0.15, -0.1) is 0 Å². The van der Waals surface area contributed by atoms with E-state index >= 15 is 0 Å². The number of fused-ring (bicyclic) bond motifs is 1. The minimum Gasteiger partial charge on any atom is -0.550 e. The van der Waals surface area contributed by atoms with Crippen LogP contribution >= 0.6 is 11.6 Å². The van der Waals surface area contributed by atoms with Crippen LogP contribution in [0, 0.1) is 6.92 Å². The molecule has 3 rings (SSSR count). The first-order valence-electron chi connectivity index (χ1n) is 6.43. The molecular formula is C15H10ClN2O4-. The molecule has 0 aliphatic heterocycles. The topological polar surface area (TPSA) is 99.0 Å². The smallest absolute Gasteiger partial charge is 0.231 e. The van der Waals surface area contributed by atoms with Gasteiger partial charge < -0.3 is 19.4 Å². The Balaban J connectivity index is 2.18. The van der Waals surface area contributed by atoms with Gasteiger partial charge in [0, 0.05) is 34.4 Å². The van der Waals surface area contributed by atoms with Crippen LogP contribution in [0.25, 0.3) is 10.9 Å². The fourth-order valence-corrected chi connectivity index (χ4v) is 2.52. The molecule has 2 aromatic heterocycles. The van der Waals surface area contributed by atoms with E-state index in [1.807, 2.05) is 0 Å². The lowest BCUT2D eigenvalue weighted by Crippen LogP contribution is -2.25. The van der Waals surface area contributed by atoms with Crippen LogP contribution in [-0.4, -0.2) is 21.9 Å². The molecule has 0 aliphatic carbocycles. The number of hydrogen-bond acceptors (Lipinski definition) is 5. The van der Waals surface area contributed by atoms with Crippen molar-refractivity contribution in [2.75, 3.05) is 0 Å². The van der Waals surface area contributed by atoms with Crippen LogP contribution in [0.1, 0.15) is 27.5 Å². The second kappa shape index (κ2) is 5.31. The van der Waals surface area contributed by atoms with Crippen molar-refractivity contribution in [2.24, 2.45) is 0 Å². The number of H-pyrrole nitrogens is 1. The largest absolute Gasteiger partial charge is 0.550 e. The molecule has 0 atom stereocenters. The molecule has 3 aromatic rings. The molecule has 0 aliphatic rings. The maximum Gasteiger partial charge on any atom is 0.231 e. The van der Waals surface area contributed by atoms with Crippen LogP contribution < -0.4 is 5.11 Å². The lowest BCUT2D eigenvalue weighted by molar-refractivity contribution is -0.304. The fourth-order valence-electron chi connectivity index (χ4n) is 2.35. The summed E-state index contributed by atoms with van der Waals surface area (Å²) in [4.78, 5) is 26.4. The van der Waals surface area contributed by atoms with E-state index in [4.69, 9.17) is 16.1 Å². The quantitative estimate of drug-likeness (QED) is 0.737. The molecule has 112 valence electrons. The van der Waals surface area contributed by atoms with Crippen molar-refractivity contribution in [3.8, 4) is 0 Å². The van der Waals surface area contributed by atoms with Crippen molar-refractivity contribution < 1.29 is 19.2 Å². The third-order valence-electron chi connectivity index (χ3n) is 3.28. The Hall–Kier alpha value is -2.60. The lowest BCUT2D eigenvalue weighted by atomic mass is 10.0. The monoisotopic (exact) mass is 317 g/mol. The van der Waals surface area contributed by atoms with Gasteiger partial charge in [-0.2, -0.15) is 0 Å². The predicted octanol–water partition coefficient (Wildman–Crippen LogP) is 1.64. The molecule has 7 heteroatoms. The molecule has 0 unspecified atom stereocenters. The number of benzene rings is 1. The average molecular weight is 318 g/mol. The first-order valence-corrected chi connectivity index (χ1v) is 6.81. The number of rotatable bonds is 4. The second-order valence-electron chi connectivity index (χ2n) is 4.87. The highest BCUT2D eigenvalue weighted by molar-refractivity contribution is 6.31. The number of aromatic amines is 1. The summed E-state index contributed by atoms with van der Waals surface area (Å²) in [6.07, 6.45) is -0.389. The van der Waals surface area contributed by atoms with Gasteiger partial charge >= 0.3 is 0 Å². The van der Waals surface area contributed by atoms with Crippen LogP contribution in [0.15, 0.2) is 28.8 Å². The summed E-state index contributed by atoms with van der Waals surface area (Å²) >= 11 is 5.92. The zero-order valence-electron chi connectivity index (χ0n) is 11.5. The third-order valence-corrected chi connectivity index (χ3v) is 3.51. The van der Waals surface area contributed by atoms with Gasteiger partial charge in [0.05, 0.1) is 5.69 Å². The molecule has 0 radical (unpaired) electrons. The molecule has 0 bridgehead atoms. The Morgan fingerprint density at radius 1 is 1.36 bits per heavy atom. The van der Waals surface area contributed by atoms with Gasteiger partial charge in [-0.1, -0.05) is 22.8 Å². The number of halogens is 1. The minimum atomic E-state index is -1.28. The Morgan fingerprint density at radius 3 is 2.77 bits per heavy atom. The van der Waals surface area contributed by atoms with Gasteiger partial charge in [-0.25, -0.2) is 0 Å². The fraction of sp³-hybridized carbons (Fsp3) is 0.133. The molecule has 0 fully saturated rings. The number of aliphatic carboxylic acids is 1. The number of nitrogens with one attached hydrogen (secondary N) is 1. The van der Waals surface area contributed by atoms with Crippen molar-refractivity contribution in [2.45, 2.75) is 13.3 Å². The number of aromatic nitrogens is 2. The highest BCUT2D eigenvalue weighted by Gasteiger charge is 2.21. The van der Waals surface area contributed by atoms with Crippen molar-refractivity contribution in [1.82, 2.24) is 10.1 Å². The molecule has 6 nitrogen and oxygen atoms in total. The molecule has 22 heavy (non-hydrogen) atoms. The number of carboxylic acids is 1. The first kappa shape index (κ1) is 14.3. The Bertz CT molecular complexity index is 894. The summed E-state index contributed by atoms with van der Waals surface area (Å²) in [7, 11) is 0. The van der Waals surface area contributed by atoms with E-state index in [0.717, 1.165) is 0 Å². The number of hydrogen-bond donors (Lipinski definition) is 1. The third kappa shape index (κ3) is 2.48. The van der Waals surface area contributed by atoms with E-state index in [9.17, 15) is 14.7 Å². The normalized spacial score (nSPS) is 11.0. The molecule has 0 amide bonds. The summed E-state index contributed by atoms with van der Waals surface area (Å²) in [5.41, 5.74) is 1.18. The van der Waals surface area contributed by atoms with Crippen LogP contribution in [0.5, 0.6) is 0 Å². The summed E-state index contributed by atoms with van der Waals surface area (Å²) in [6.45, 7) is 1.66. The summed E-state index contributed by atoms with van der Waals surface area (Å²) < 4.78 is 4.89. The number of carboxylic acid groups (broad SMARTS) is 1. The summed E-state index contributed by atoms with van der Waals surface area (Å²) in [5, 5.41) is 15.7. The number of carbonyl (C=O) groups is 2. The van der Waals surface area contributed by atoms with Gasteiger partial charge in [0.1, 0.15) is 5.76 Å². The van der Waals surface area contributed by atoms with E-state index in [2.05, 4.69) is 10.1 Å². The Labute approximate surface area is 129 Å². The molecule has 1 aromatic carbocycles. The van der Waals surface area contributed by atoms with Crippen molar-refractivity contribution in [3.05, 3.63) is 52.0 Å². The maximum absolute atomic E-state index is 12.5. The van der Waals surface area contributed by atoms with Crippen molar-refractivity contribution in [1.29, 1.82) is 0 Å². The second-order valence-corrected chi connectivity index (χ2v) is 5.31. The van der Waals surface area contributed by atoms with E-state index in [-0.39, 0.29) is 17.8 Å². The zero-order chi connectivity index (χ0) is 15.9. The van der Waals surface area contributed by atoms with E-state index < -0.39 is 11.8 Å². The molecular weight excluding hydrogens is 308 g/mol. The van der Waals surface area contributed by atoms with Gasteiger partial charge in [0.2, 0.25) is 5.78 Å². The molecule has 0 saturated heterocycles. The van der Waals surface area contributed by atoms with E-state index in [1.54, 1.807) is 25.1 Å². The van der Waals surface area contributed by atoms with Gasteiger partial charge in [-0.05, 0) is 24.6 Å². The number of ketones is 1. The van der Waals surface area contributed by atoms with Gasteiger partial charge in [0.25, 0.3) is 0 Å². The zero-order valence-corrected chi connectivity index (χ0v) is 12.2. The van der Waals surface area contributed by atoms with Crippen LogP contribution in [0.4, 0.5) is 0 Å².